The molecule has 2 aromatic rings. The first-order valence-corrected chi connectivity index (χ1v) is 7.01. The second-order valence-corrected chi connectivity index (χ2v) is 5.48. The normalized spacial score (nSPS) is 16.5. The third-order valence-corrected chi connectivity index (χ3v) is 3.89. The summed E-state index contributed by atoms with van der Waals surface area (Å²) in [6.45, 7) is 6.56. The average Bonchev–Trinajstić information content (AvgIpc) is 2.87. The molecule has 0 heterocycles. The van der Waals surface area contributed by atoms with E-state index < -0.39 is 0 Å². The molecule has 0 fully saturated rings. The van der Waals surface area contributed by atoms with Gasteiger partial charge in [-0.2, -0.15) is 30.4 Å². The van der Waals surface area contributed by atoms with E-state index in [4.69, 9.17) is 0 Å². The molecule has 1 atom stereocenters. The van der Waals surface area contributed by atoms with Crippen molar-refractivity contribution in [3.05, 3.63) is 88.5 Å². The van der Waals surface area contributed by atoms with Crippen LogP contribution in [0.4, 0.5) is 0 Å². The SMILES string of the molecule is Cc1cc(C)c(C2C=C[C-]=C2c2[c-]cccc2)c(C)c1.[Ir]. The molecule has 21 heavy (non-hydrogen) atoms. The first kappa shape index (κ1) is 15.9. The Morgan fingerprint density at radius 2 is 1.71 bits per heavy atom. The van der Waals surface area contributed by atoms with E-state index in [-0.39, 0.29) is 20.1 Å². The van der Waals surface area contributed by atoms with E-state index in [0.29, 0.717) is 5.92 Å². The maximum atomic E-state index is 3.40. The van der Waals surface area contributed by atoms with E-state index in [9.17, 15) is 0 Å². The van der Waals surface area contributed by atoms with Crippen molar-refractivity contribution in [1.29, 1.82) is 0 Å². The van der Waals surface area contributed by atoms with Crippen molar-refractivity contribution in [1.82, 2.24) is 0 Å². The fraction of sp³-hybridized carbons (Fsp3) is 0.200. The molecule has 0 aromatic heterocycles. The van der Waals surface area contributed by atoms with Crippen molar-refractivity contribution in [3.63, 3.8) is 0 Å². The number of allylic oxidation sites excluding steroid dienone is 4. The van der Waals surface area contributed by atoms with E-state index in [1.54, 1.807) is 0 Å². The summed E-state index contributed by atoms with van der Waals surface area (Å²) in [5.74, 6) is 0.300. The molecule has 0 bridgehead atoms. The second-order valence-electron chi connectivity index (χ2n) is 5.48. The van der Waals surface area contributed by atoms with Crippen LogP contribution in [0.2, 0.25) is 0 Å². The van der Waals surface area contributed by atoms with Crippen molar-refractivity contribution < 1.29 is 20.1 Å². The summed E-state index contributed by atoms with van der Waals surface area (Å²) in [6.07, 6.45) is 7.67. The molecule has 2 aromatic carbocycles. The smallest absolute Gasteiger partial charge is 0 e. The minimum absolute atomic E-state index is 0. The van der Waals surface area contributed by atoms with E-state index >= 15 is 0 Å². The van der Waals surface area contributed by atoms with Crippen molar-refractivity contribution in [3.8, 4) is 0 Å². The first-order valence-electron chi connectivity index (χ1n) is 7.01. The van der Waals surface area contributed by atoms with Gasteiger partial charge in [0.25, 0.3) is 0 Å². The van der Waals surface area contributed by atoms with Gasteiger partial charge in [-0.05, 0) is 31.9 Å². The summed E-state index contributed by atoms with van der Waals surface area (Å²) in [6, 6.07) is 16.0. The summed E-state index contributed by atoms with van der Waals surface area (Å²) < 4.78 is 0. The van der Waals surface area contributed by atoms with E-state index in [1.807, 2.05) is 18.2 Å². The van der Waals surface area contributed by atoms with Crippen LogP contribution in [0.15, 0.2) is 48.6 Å². The zero-order valence-electron chi connectivity index (χ0n) is 12.5. The maximum absolute atomic E-state index is 3.40. The van der Waals surface area contributed by atoms with Gasteiger partial charge in [-0.15, -0.1) is 6.07 Å². The van der Waals surface area contributed by atoms with Gasteiger partial charge in [0.2, 0.25) is 0 Å². The van der Waals surface area contributed by atoms with E-state index in [2.05, 4.69) is 63.3 Å². The molecule has 1 heteroatoms. The molecule has 0 spiro atoms. The van der Waals surface area contributed by atoms with Crippen molar-refractivity contribution in [2.75, 3.05) is 0 Å². The summed E-state index contributed by atoms with van der Waals surface area (Å²) in [5, 5.41) is 0. The molecule has 1 aliphatic carbocycles. The number of rotatable bonds is 2. The van der Waals surface area contributed by atoms with Gasteiger partial charge in [-0.1, -0.05) is 29.2 Å². The molecule has 3 rings (SSSR count). The van der Waals surface area contributed by atoms with Crippen molar-refractivity contribution >= 4 is 5.57 Å². The molecule has 1 aliphatic rings. The van der Waals surface area contributed by atoms with E-state index in [0.717, 1.165) is 5.56 Å². The Bertz CT molecular complexity index is 670. The summed E-state index contributed by atoms with van der Waals surface area (Å²) in [7, 11) is 0. The summed E-state index contributed by atoms with van der Waals surface area (Å²) in [4.78, 5) is 0. The van der Waals surface area contributed by atoms with Gasteiger partial charge in [-0.25, -0.2) is 23.3 Å². The first-order chi connectivity index (χ1) is 9.66. The Balaban J connectivity index is 0.00000161. The molecule has 0 nitrogen and oxygen atoms in total. The monoisotopic (exact) mass is 451 g/mol. The fourth-order valence-corrected chi connectivity index (χ4v) is 3.15. The van der Waals surface area contributed by atoms with Gasteiger partial charge in [0.1, 0.15) is 0 Å². The van der Waals surface area contributed by atoms with Gasteiger partial charge >= 0.3 is 0 Å². The molecule has 0 saturated heterocycles. The van der Waals surface area contributed by atoms with Gasteiger partial charge in [0.05, 0.1) is 0 Å². The zero-order valence-corrected chi connectivity index (χ0v) is 14.9. The molecule has 1 radical (unpaired) electrons. The van der Waals surface area contributed by atoms with Gasteiger partial charge in [-0.3, -0.25) is 0 Å². The average molecular weight is 451 g/mol. The fourth-order valence-electron chi connectivity index (χ4n) is 3.15. The third kappa shape index (κ3) is 3.10. The van der Waals surface area contributed by atoms with Crippen LogP contribution >= 0.6 is 0 Å². The van der Waals surface area contributed by atoms with Gasteiger partial charge in [0.15, 0.2) is 0 Å². The summed E-state index contributed by atoms with van der Waals surface area (Å²) in [5.41, 5.74) is 7.81. The molecule has 0 saturated carbocycles. The van der Waals surface area contributed by atoms with Crippen LogP contribution in [-0.2, 0) is 20.1 Å². The van der Waals surface area contributed by atoms with Crippen LogP contribution in [0.1, 0.15) is 33.7 Å². The van der Waals surface area contributed by atoms with Crippen molar-refractivity contribution in [2.24, 2.45) is 0 Å². The molecular formula is C20H18Ir-2. The van der Waals surface area contributed by atoms with Crippen molar-refractivity contribution in [2.45, 2.75) is 26.7 Å². The van der Waals surface area contributed by atoms with Crippen LogP contribution in [0, 0.1) is 32.9 Å². The zero-order chi connectivity index (χ0) is 14.1. The molecule has 1 unspecified atom stereocenters. The second kappa shape index (κ2) is 6.56. The Hall–Kier alpha value is -1.43. The summed E-state index contributed by atoms with van der Waals surface area (Å²) >= 11 is 0. The number of aryl methyl sites for hydroxylation is 3. The standard InChI is InChI=1S/C20H18.Ir/c1-14-12-15(2)20(16(3)13-14)19-11-7-10-18(19)17-8-5-4-6-9-17;/h4-8,11-13,19H,1-3H3;/q-2;. The molecule has 0 N–H and O–H groups in total. The van der Waals surface area contributed by atoms with E-state index in [1.165, 1.54) is 27.8 Å². The molecule has 109 valence electrons. The van der Waals surface area contributed by atoms with Crippen LogP contribution in [0.5, 0.6) is 0 Å². The number of benzene rings is 2. The van der Waals surface area contributed by atoms with Crippen LogP contribution in [0.25, 0.3) is 5.57 Å². The third-order valence-electron chi connectivity index (χ3n) is 3.89. The molecule has 0 aliphatic heterocycles. The van der Waals surface area contributed by atoms with Crippen LogP contribution in [0.3, 0.4) is 0 Å². The Labute approximate surface area is 141 Å². The topological polar surface area (TPSA) is 0 Å². The predicted octanol–water partition coefficient (Wildman–Crippen LogP) is 4.95. The quantitative estimate of drug-likeness (QED) is 0.568. The van der Waals surface area contributed by atoms with Crippen LogP contribution in [-0.4, -0.2) is 0 Å². The van der Waals surface area contributed by atoms with Gasteiger partial charge in [0, 0.05) is 20.1 Å². The molecule has 0 amide bonds. The Morgan fingerprint density at radius 3 is 2.33 bits per heavy atom. The minimum Gasteiger partial charge on any atom is -0.247 e. The number of hydrogen-bond donors (Lipinski definition) is 0. The Morgan fingerprint density at radius 1 is 1.00 bits per heavy atom. The van der Waals surface area contributed by atoms with Gasteiger partial charge < -0.3 is 0 Å². The largest absolute Gasteiger partial charge is 0.247 e. The minimum atomic E-state index is 0. The maximum Gasteiger partial charge on any atom is 0 e. The van der Waals surface area contributed by atoms with Crippen LogP contribution < -0.4 is 0 Å². The predicted molar refractivity (Wildman–Crippen MR) is 84.5 cm³/mol. The Kier molecular flexibility index (Phi) is 4.98. The number of hydrogen-bond acceptors (Lipinski definition) is 0. The molecular weight excluding hydrogens is 432 g/mol.